The van der Waals surface area contributed by atoms with E-state index in [1.807, 2.05) is 0 Å². The fraction of sp³-hybridized carbons (Fsp3) is 0.556. The van der Waals surface area contributed by atoms with Gasteiger partial charge in [-0.1, -0.05) is 6.07 Å². The van der Waals surface area contributed by atoms with Gasteiger partial charge >= 0.3 is 0 Å². The smallest absolute Gasteiger partial charge is 0.245 e. The summed E-state index contributed by atoms with van der Waals surface area (Å²) >= 11 is 0.968. The summed E-state index contributed by atoms with van der Waals surface area (Å²) in [5.74, 6) is -0.997. The van der Waals surface area contributed by atoms with E-state index >= 15 is 0 Å². The number of piperidine rings is 1. The van der Waals surface area contributed by atoms with Crippen LogP contribution in [-0.2, 0) is 19.6 Å². The standard InChI is InChI=1S/C18H23N5O4S2/c1-11(17(24)20-13-7-8-13)19-18(25)12-4-3-9-23(10-12)29(26,27)15-6-2-5-14-16(15)22-28-21-14/h2,5-6,11-13H,3-4,7-10H2,1H3,(H,19,25)(H,20,24). The molecule has 1 aliphatic carbocycles. The van der Waals surface area contributed by atoms with Crippen molar-refractivity contribution in [3.05, 3.63) is 18.2 Å². The van der Waals surface area contributed by atoms with Crippen molar-refractivity contribution in [3.8, 4) is 0 Å². The third-order valence-electron chi connectivity index (χ3n) is 5.30. The number of aromatic nitrogens is 2. The van der Waals surface area contributed by atoms with Crippen LogP contribution in [0.1, 0.15) is 32.6 Å². The van der Waals surface area contributed by atoms with Gasteiger partial charge < -0.3 is 10.6 Å². The van der Waals surface area contributed by atoms with Gasteiger partial charge in [-0.25, -0.2) is 8.42 Å². The molecule has 0 spiro atoms. The van der Waals surface area contributed by atoms with E-state index in [1.54, 1.807) is 19.1 Å². The number of nitrogens with zero attached hydrogens (tertiary/aromatic N) is 3. The molecule has 2 heterocycles. The number of sulfonamides is 1. The van der Waals surface area contributed by atoms with Crippen LogP contribution in [0.25, 0.3) is 11.0 Å². The highest BCUT2D eigenvalue weighted by Crippen LogP contribution is 2.28. The fourth-order valence-corrected chi connectivity index (χ4v) is 5.73. The molecule has 0 radical (unpaired) electrons. The average Bonchev–Trinajstić information content (AvgIpc) is 3.39. The molecule has 1 aromatic heterocycles. The molecule has 2 amide bonds. The van der Waals surface area contributed by atoms with Crippen LogP contribution in [0.4, 0.5) is 0 Å². The molecule has 2 aromatic rings. The summed E-state index contributed by atoms with van der Waals surface area (Å²) in [5.41, 5.74) is 0.896. The van der Waals surface area contributed by atoms with Crippen molar-refractivity contribution in [1.82, 2.24) is 23.7 Å². The van der Waals surface area contributed by atoms with Crippen LogP contribution >= 0.6 is 11.7 Å². The summed E-state index contributed by atoms with van der Waals surface area (Å²) in [6.45, 7) is 2.07. The Labute approximate surface area is 173 Å². The monoisotopic (exact) mass is 437 g/mol. The zero-order valence-corrected chi connectivity index (χ0v) is 17.6. The van der Waals surface area contributed by atoms with Crippen LogP contribution in [0.5, 0.6) is 0 Å². The van der Waals surface area contributed by atoms with Crippen molar-refractivity contribution >= 4 is 44.6 Å². The highest BCUT2D eigenvalue weighted by atomic mass is 32.2. The minimum absolute atomic E-state index is 0.0824. The van der Waals surface area contributed by atoms with E-state index in [0.29, 0.717) is 30.4 Å². The number of carbonyl (C=O) groups is 2. The van der Waals surface area contributed by atoms with Crippen LogP contribution in [0.3, 0.4) is 0 Å². The number of nitrogens with one attached hydrogen (secondary N) is 2. The number of rotatable bonds is 6. The first kappa shape index (κ1) is 20.2. The molecule has 0 bridgehead atoms. The van der Waals surface area contributed by atoms with Gasteiger partial charge in [0.05, 0.1) is 17.6 Å². The lowest BCUT2D eigenvalue weighted by molar-refractivity contribution is -0.131. The number of benzene rings is 1. The van der Waals surface area contributed by atoms with E-state index in [4.69, 9.17) is 0 Å². The van der Waals surface area contributed by atoms with Crippen LogP contribution in [-0.4, -0.2) is 58.5 Å². The minimum atomic E-state index is -3.80. The molecular weight excluding hydrogens is 414 g/mol. The van der Waals surface area contributed by atoms with Crippen molar-refractivity contribution < 1.29 is 18.0 Å². The molecule has 2 atom stereocenters. The lowest BCUT2D eigenvalue weighted by Crippen LogP contribution is -2.50. The zero-order valence-electron chi connectivity index (χ0n) is 16.0. The molecule has 2 N–H and O–H groups in total. The number of hydrogen-bond acceptors (Lipinski definition) is 7. The summed E-state index contributed by atoms with van der Waals surface area (Å²) < 4.78 is 35.9. The second kappa shape index (κ2) is 7.96. The molecule has 1 aliphatic heterocycles. The summed E-state index contributed by atoms with van der Waals surface area (Å²) in [5, 5.41) is 5.59. The molecular formula is C18H23N5O4S2. The highest BCUT2D eigenvalue weighted by Gasteiger charge is 2.35. The number of carbonyl (C=O) groups excluding carboxylic acids is 2. The van der Waals surface area contributed by atoms with Crippen molar-refractivity contribution in [2.45, 2.75) is 49.6 Å². The van der Waals surface area contributed by atoms with Gasteiger partial charge in [0.2, 0.25) is 21.8 Å². The molecule has 156 valence electrons. The number of hydrogen-bond donors (Lipinski definition) is 2. The van der Waals surface area contributed by atoms with Crippen LogP contribution in [0, 0.1) is 5.92 Å². The highest BCUT2D eigenvalue weighted by molar-refractivity contribution is 7.89. The maximum atomic E-state index is 13.2. The number of amides is 2. The summed E-state index contributed by atoms with van der Waals surface area (Å²) in [7, 11) is -3.80. The molecule has 1 saturated heterocycles. The first-order chi connectivity index (χ1) is 13.9. The van der Waals surface area contributed by atoms with Crippen molar-refractivity contribution in [2.24, 2.45) is 5.92 Å². The van der Waals surface area contributed by atoms with Crippen molar-refractivity contribution in [2.75, 3.05) is 13.1 Å². The zero-order chi connectivity index (χ0) is 20.6. The van der Waals surface area contributed by atoms with Crippen LogP contribution in [0.15, 0.2) is 23.1 Å². The van der Waals surface area contributed by atoms with Gasteiger partial charge in [-0.3, -0.25) is 9.59 Å². The third kappa shape index (κ3) is 4.26. The second-order valence-corrected chi connectivity index (χ2v) is 10.0. The van der Waals surface area contributed by atoms with Gasteiger partial charge in [0, 0.05) is 19.1 Å². The molecule has 11 heteroatoms. The molecule has 2 aliphatic rings. The Balaban J connectivity index is 1.45. The van der Waals surface area contributed by atoms with Gasteiger partial charge in [0.25, 0.3) is 0 Å². The van der Waals surface area contributed by atoms with Crippen LogP contribution in [0.2, 0.25) is 0 Å². The summed E-state index contributed by atoms with van der Waals surface area (Å²) in [6.07, 6.45) is 3.11. The Hall–Kier alpha value is -2.11. The molecule has 9 nitrogen and oxygen atoms in total. The first-order valence-electron chi connectivity index (χ1n) is 9.68. The second-order valence-electron chi connectivity index (χ2n) is 7.60. The van der Waals surface area contributed by atoms with E-state index in [1.165, 1.54) is 10.4 Å². The fourth-order valence-electron chi connectivity index (χ4n) is 3.45. The molecule has 2 unspecified atom stereocenters. The van der Waals surface area contributed by atoms with Crippen LogP contribution < -0.4 is 10.6 Å². The maximum absolute atomic E-state index is 13.2. The van der Waals surface area contributed by atoms with Crippen molar-refractivity contribution in [1.29, 1.82) is 0 Å². The van der Waals surface area contributed by atoms with E-state index in [0.717, 1.165) is 24.6 Å². The number of fused-ring (bicyclic) bond motifs is 1. The third-order valence-corrected chi connectivity index (χ3v) is 7.74. The van der Waals surface area contributed by atoms with E-state index in [-0.39, 0.29) is 29.3 Å². The van der Waals surface area contributed by atoms with Gasteiger partial charge in [-0.2, -0.15) is 13.1 Å². The van der Waals surface area contributed by atoms with Gasteiger partial charge in [0.1, 0.15) is 22.0 Å². The Morgan fingerprint density at radius 3 is 2.79 bits per heavy atom. The largest absolute Gasteiger partial charge is 0.352 e. The SMILES string of the molecule is CC(NC(=O)C1CCCN(S(=O)(=O)c2cccc3nsnc23)C1)C(=O)NC1CC1. The normalized spacial score (nSPS) is 21.6. The van der Waals surface area contributed by atoms with Crippen molar-refractivity contribution in [3.63, 3.8) is 0 Å². The molecule has 1 saturated carbocycles. The molecule has 4 rings (SSSR count). The Bertz CT molecular complexity index is 1030. The summed E-state index contributed by atoms with van der Waals surface area (Å²) in [4.78, 5) is 24.8. The average molecular weight is 438 g/mol. The van der Waals surface area contributed by atoms with Gasteiger partial charge in [-0.15, -0.1) is 0 Å². The minimum Gasteiger partial charge on any atom is -0.352 e. The molecule has 2 fully saturated rings. The Morgan fingerprint density at radius 1 is 1.24 bits per heavy atom. The van der Waals surface area contributed by atoms with Gasteiger partial charge in [-0.05, 0) is 44.7 Å². The maximum Gasteiger partial charge on any atom is 0.245 e. The predicted octanol–water partition coefficient (Wildman–Crippen LogP) is 0.875. The lowest BCUT2D eigenvalue weighted by atomic mass is 9.98. The molecule has 1 aromatic carbocycles. The van der Waals surface area contributed by atoms with Gasteiger partial charge in [0.15, 0.2) is 0 Å². The van der Waals surface area contributed by atoms with E-state index in [9.17, 15) is 18.0 Å². The van der Waals surface area contributed by atoms with E-state index in [2.05, 4.69) is 19.4 Å². The Morgan fingerprint density at radius 2 is 2.03 bits per heavy atom. The summed E-state index contributed by atoms with van der Waals surface area (Å²) in [6, 6.07) is 4.46. The quantitative estimate of drug-likeness (QED) is 0.692. The molecule has 29 heavy (non-hydrogen) atoms. The van der Waals surface area contributed by atoms with E-state index < -0.39 is 22.0 Å². The Kier molecular flexibility index (Phi) is 5.54. The first-order valence-corrected chi connectivity index (χ1v) is 11.9. The predicted molar refractivity (Wildman–Crippen MR) is 108 cm³/mol. The lowest BCUT2D eigenvalue weighted by Gasteiger charge is -2.31. The topological polar surface area (TPSA) is 121 Å².